The molecule has 8 heteroatoms. The first kappa shape index (κ1) is 19.4. The van der Waals surface area contributed by atoms with Gasteiger partial charge in [0.1, 0.15) is 4.90 Å². The molecule has 1 aromatic rings. The van der Waals surface area contributed by atoms with Crippen LogP contribution in [-0.2, 0) is 14.8 Å². The van der Waals surface area contributed by atoms with Gasteiger partial charge in [0.05, 0.1) is 17.9 Å². The first-order chi connectivity index (χ1) is 10.8. The van der Waals surface area contributed by atoms with Gasteiger partial charge in [-0.2, -0.15) is 0 Å². The Morgan fingerprint density at radius 3 is 2.65 bits per heavy atom. The molecule has 0 saturated carbocycles. The Hall–Kier alpha value is -1.64. The summed E-state index contributed by atoms with van der Waals surface area (Å²) in [6.45, 7) is 4.53. The molecule has 0 radical (unpaired) electrons. The summed E-state index contributed by atoms with van der Waals surface area (Å²) in [5.41, 5.74) is 0.311. The molecule has 7 nitrogen and oxygen atoms in total. The number of carboxylic acid groups (broad SMARTS) is 1. The highest BCUT2D eigenvalue weighted by atomic mass is 32.2. The lowest BCUT2D eigenvalue weighted by molar-refractivity contribution is 0.0696. The highest BCUT2D eigenvalue weighted by Crippen LogP contribution is 2.23. The van der Waals surface area contributed by atoms with E-state index in [-0.39, 0.29) is 17.1 Å². The van der Waals surface area contributed by atoms with Crippen LogP contribution in [-0.4, -0.2) is 45.8 Å². The number of sulfonamides is 1. The third-order valence-electron chi connectivity index (χ3n) is 3.14. The van der Waals surface area contributed by atoms with Gasteiger partial charge in [0.2, 0.25) is 10.0 Å². The zero-order valence-electron chi connectivity index (χ0n) is 13.6. The lowest BCUT2D eigenvalue weighted by Crippen LogP contribution is -2.36. The second-order valence-corrected chi connectivity index (χ2v) is 6.96. The molecule has 3 N–H and O–H groups in total. The SMILES string of the molecule is CCCCNc1ccc(C(=O)O)cc1S(=O)(=O)N[C@H](C)COC. The van der Waals surface area contributed by atoms with Crippen LogP contribution < -0.4 is 10.0 Å². The second-order valence-electron chi connectivity index (χ2n) is 5.27. The zero-order chi connectivity index (χ0) is 17.5. The monoisotopic (exact) mass is 344 g/mol. The van der Waals surface area contributed by atoms with E-state index in [1.807, 2.05) is 6.92 Å². The average Bonchev–Trinajstić information content (AvgIpc) is 2.47. The van der Waals surface area contributed by atoms with Crippen molar-refractivity contribution in [1.29, 1.82) is 0 Å². The van der Waals surface area contributed by atoms with Gasteiger partial charge in [0.15, 0.2) is 0 Å². The number of ether oxygens (including phenoxy) is 1. The number of benzene rings is 1. The van der Waals surface area contributed by atoms with Crippen molar-refractivity contribution in [1.82, 2.24) is 4.72 Å². The van der Waals surface area contributed by atoms with Crippen molar-refractivity contribution < 1.29 is 23.1 Å². The number of hydrogen-bond acceptors (Lipinski definition) is 5. The largest absolute Gasteiger partial charge is 0.478 e. The summed E-state index contributed by atoms with van der Waals surface area (Å²) >= 11 is 0. The number of anilines is 1. The van der Waals surface area contributed by atoms with Crippen LogP contribution in [0.1, 0.15) is 37.0 Å². The predicted molar refractivity (Wildman–Crippen MR) is 88.5 cm³/mol. The van der Waals surface area contributed by atoms with Gasteiger partial charge in [-0.25, -0.2) is 17.9 Å². The number of unbranched alkanes of at least 4 members (excludes halogenated alkanes) is 1. The zero-order valence-corrected chi connectivity index (χ0v) is 14.4. The normalized spacial score (nSPS) is 12.8. The maximum Gasteiger partial charge on any atom is 0.335 e. The Morgan fingerprint density at radius 2 is 2.09 bits per heavy atom. The quantitative estimate of drug-likeness (QED) is 0.560. The Kier molecular flexibility index (Phi) is 7.47. The summed E-state index contributed by atoms with van der Waals surface area (Å²) in [6.07, 6.45) is 1.85. The van der Waals surface area contributed by atoms with Gasteiger partial charge in [0.25, 0.3) is 0 Å². The Morgan fingerprint density at radius 1 is 1.39 bits per heavy atom. The van der Waals surface area contributed by atoms with Gasteiger partial charge >= 0.3 is 5.97 Å². The molecular formula is C15H24N2O5S. The number of carbonyl (C=O) groups is 1. The molecule has 0 heterocycles. The van der Waals surface area contributed by atoms with E-state index in [2.05, 4.69) is 10.0 Å². The number of nitrogens with one attached hydrogen (secondary N) is 2. The lowest BCUT2D eigenvalue weighted by atomic mass is 10.2. The number of aromatic carboxylic acids is 1. The number of methoxy groups -OCH3 is 1. The Bertz CT molecular complexity index is 631. The molecule has 0 fully saturated rings. The molecule has 0 saturated heterocycles. The van der Waals surface area contributed by atoms with Crippen molar-refractivity contribution in [2.45, 2.75) is 37.6 Å². The molecule has 1 atom stereocenters. The van der Waals surface area contributed by atoms with E-state index in [0.29, 0.717) is 12.2 Å². The molecule has 0 aromatic heterocycles. The van der Waals surface area contributed by atoms with Crippen molar-refractivity contribution in [2.24, 2.45) is 0 Å². The predicted octanol–water partition coefficient (Wildman–Crippen LogP) is 1.91. The molecule has 0 aliphatic rings. The average molecular weight is 344 g/mol. The Labute approximate surface area is 137 Å². The van der Waals surface area contributed by atoms with Crippen LogP contribution in [0.4, 0.5) is 5.69 Å². The lowest BCUT2D eigenvalue weighted by Gasteiger charge is -2.17. The molecule has 0 bridgehead atoms. The van der Waals surface area contributed by atoms with Crippen LogP contribution in [0.3, 0.4) is 0 Å². The minimum atomic E-state index is -3.86. The minimum Gasteiger partial charge on any atom is -0.478 e. The van der Waals surface area contributed by atoms with E-state index >= 15 is 0 Å². The topological polar surface area (TPSA) is 105 Å². The molecular weight excluding hydrogens is 320 g/mol. The van der Waals surface area contributed by atoms with E-state index in [4.69, 9.17) is 9.84 Å². The number of hydrogen-bond donors (Lipinski definition) is 3. The molecule has 0 amide bonds. The Balaban J connectivity index is 3.16. The summed E-state index contributed by atoms with van der Waals surface area (Å²) in [5.74, 6) is -1.17. The van der Waals surface area contributed by atoms with E-state index < -0.39 is 22.0 Å². The molecule has 0 spiro atoms. The van der Waals surface area contributed by atoms with Gasteiger partial charge in [-0.3, -0.25) is 0 Å². The standard InChI is InChI=1S/C15H24N2O5S/c1-4-5-8-16-13-7-6-12(15(18)19)9-14(13)23(20,21)17-11(2)10-22-3/h6-7,9,11,16-17H,4-5,8,10H2,1-3H3,(H,18,19)/t11-/m1/s1. The van der Waals surface area contributed by atoms with Crippen LogP contribution in [0.2, 0.25) is 0 Å². The fourth-order valence-corrected chi connectivity index (χ4v) is 3.47. The van der Waals surface area contributed by atoms with Crippen LogP contribution in [0, 0.1) is 0 Å². The molecule has 0 aliphatic carbocycles. The van der Waals surface area contributed by atoms with E-state index in [0.717, 1.165) is 12.8 Å². The maximum atomic E-state index is 12.5. The van der Waals surface area contributed by atoms with E-state index in [9.17, 15) is 13.2 Å². The molecule has 0 aliphatic heterocycles. The first-order valence-electron chi connectivity index (χ1n) is 7.44. The summed E-state index contributed by atoms with van der Waals surface area (Å²) < 4.78 is 32.5. The molecule has 1 aromatic carbocycles. The summed E-state index contributed by atoms with van der Waals surface area (Å²) in [6, 6.07) is 3.60. The number of rotatable bonds is 10. The van der Waals surface area contributed by atoms with Gasteiger partial charge in [0, 0.05) is 19.7 Å². The smallest absolute Gasteiger partial charge is 0.335 e. The minimum absolute atomic E-state index is 0.0727. The van der Waals surface area contributed by atoms with Crippen molar-refractivity contribution in [3.63, 3.8) is 0 Å². The van der Waals surface area contributed by atoms with Crippen LogP contribution in [0.5, 0.6) is 0 Å². The summed E-state index contributed by atoms with van der Waals surface area (Å²) in [5, 5.41) is 12.1. The van der Waals surface area contributed by atoms with Crippen LogP contribution in [0.15, 0.2) is 23.1 Å². The molecule has 1 rings (SSSR count). The number of carboxylic acids is 1. The van der Waals surface area contributed by atoms with Crippen molar-refractivity contribution in [2.75, 3.05) is 25.6 Å². The van der Waals surface area contributed by atoms with Crippen molar-refractivity contribution in [3.8, 4) is 0 Å². The van der Waals surface area contributed by atoms with Gasteiger partial charge in [-0.1, -0.05) is 13.3 Å². The third-order valence-corrected chi connectivity index (χ3v) is 4.77. The van der Waals surface area contributed by atoms with Crippen LogP contribution in [0.25, 0.3) is 0 Å². The highest BCUT2D eigenvalue weighted by molar-refractivity contribution is 7.89. The first-order valence-corrected chi connectivity index (χ1v) is 8.92. The van der Waals surface area contributed by atoms with Crippen LogP contribution >= 0.6 is 0 Å². The van der Waals surface area contributed by atoms with E-state index in [1.54, 1.807) is 6.92 Å². The molecule has 0 unspecified atom stereocenters. The molecule has 130 valence electrons. The van der Waals surface area contributed by atoms with Gasteiger partial charge in [-0.15, -0.1) is 0 Å². The molecule has 23 heavy (non-hydrogen) atoms. The maximum absolute atomic E-state index is 12.5. The van der Waals surface area contributed by atoms with Gasteiger partial charge in [-0.05, 0) is 31.5 Å². The fraction of sp³-hybridized carbons (Fsp3) is 0.533. The van der Waals surface area contributed by atoms with Crippen molar-refractivity contribution in [3.05, 3.63) is 23.8 Å². The fourth-order valence-electron chi connectivity index (χ4n) is 2.04. The summed E-state index contributed by atoms with van der Waals surface area (Å²) in [7, 11) is -2.38. The van der Waals surface area contributed by atoms with Gasteiger partial charge < -0.3 is 15.2 Å². The highest BCUT2D eigenvalue weighted by Gasteiger charge is 2.22. The van der Waals surface area contributed by atoms with E-state index in [1.165, 1.54) is 25.3 Å². The van der Waals surface area contributed by atoms with Crippen molar-refractivity contribution >= 4 is 21.7 Å². The third kappa shape index (κ3) is 5.81. The summed E-state index contributed by atoms with van der Waals surface area (Å²) in [4.78, 5) is 11.0. The second kappa shape index (κ2) is 8.85.